The van der Waals surface area contributed by atoms with Crippen LogP contribution < -0.4 is 4.74 Å². The molecule has 5 heteroatoms. The van der Waals surface area contributed by atoms with Gasteiger partial charge in [-0.3, -0.25) is 9.48 Å². The first-order valence-electron chi connectivity index (χ1n) is 6.14. The zero-order valence-electron chi connectivity index (χ0n) is 10.7. The molecular weight excluding hydrogens is 264 g/mol. The van der Waals surface area contributed by atoms with Gasteiger partial charge in [0, 0.05) is 17.8 Å². The van der Waals surface area contributed by atoms with Gasteiger partial charge in [-0.05, 0) is 36.8 Å². The van der Waals surface area contributed by atoms with Crippen molar-refractivity contribution in [3.05, 3.63) is 47.2 Å². The highest BCUT2D eigenvalue weighted by atomic mass is 35.5. The van der Waals surface area contributed by atoms with Crippen molar-refractivity contribution in [2.24, 2.45) is 0 Å². The lowest BCUT2D eigenvalue weighted by molar-refractivity contribution is 0.0910. The van der Waals surface area contributed by atoms with Crippen LogP contribution in [0.25, 0.3) is 0 Å². The van der Waals surface area contributed by atoms with E-state index in [1.807, 2.05) is 6.92 Å². The van der Waals surface area contributed by atoms with Crippen LogP contribution >= 0.6 is 11.6 Å². The molecule has 0 fully saturated rings. The molecule has 0 radical (unpaired) electrons. The maximum Gasteiger partial charge on any atom is 0.218 e. The Labute approximate surface area is 116 Å². The Morgan fingerprint density at radius 3 is 2.74 bits per heavy atom. The lowest BCUT2D eigenvalue weighted by Gasteiger charge is -2.07. The maximum absolute atomic E-state index is 12.0. The van der Waals surface area contributed by atoms with Crippen LogP contribution in [-0.4, -0.2) is 22.2 Å². The average molecular weight is 279 g/mol. The van der Waals surface area contributed by atoms with Crippen molar-refractivity contribution in [3.8, 4) is 5.75 Å². The molecule has 0 amide bonds. The molecule has 0 N–H and O–H groups in total. The standard InChI is InChI=1S/C14H15ClN2O2/c1-2-9-17-13(7-8-16-17)14(18)10-19-12-5-3-11(15)4-6-12/h3-8H,2,9-10H2,1H3. The molecule has 0 saturated carbocycles. The summed E-state index contributed by atoms with van der Waals surface area (Å²) in [5.74, 6) is 0.542. The number of halogens is 1. The van der Waals surface area contributed by atoms with E-state index in [2.05, 4.69) is 5.10 Å². The molecule has 1 aromatic heterocycles. The number of carbonyl (C=O) groups is 1. The third-order valence-corrected chi connectivity index (χ3v) is 2.87. The van der Waals surface area contributed by atoms with E-state index in [1.165, 1.54) is 0 Å². The summed E-state index contributed by atoms with van der Waals surface area (Å²) in [6, 6.07) is 8.63. The minimum Gasteiger partial charge on any atom is -0.485 e. The summed E-state index contributed by atoms with van der Waals surface area (Å²) in [6.07, 6.45) is 2.56. The van der Waals surface area contributed by atoms with E-state index in [0.717, 1.165) is 13.0 Å². The van der Waals surface area contributed by atoms with Crippen LogP contribution in [0.4, 0.5) is 0 Å². The van der Waals surface area contributed by atoms with Gasteiger partial charge < -0.3 is 4.74 Å². The zero-order chi connectivity index (χ0) is 13.7. The smallest absolute Gasteiger partial charge is 0.218 e. The molecule has 0 aliphatic carbocycles. The number of aromatic nitrogens is 2. The van der Waals surface area contributed by atoms with Gasteiger partial charge in [0.15, 0.2) is 6.61 Å². The van der Waals surface area contributed by atoms with Gasteiger partial charge in [-0.25, -0.2) is 0 Å². The number of rotatable bonds is 6. The maximum atomic E-state index is 12.0. The fraction of sp³-hybridized carbons (Fsp3) is 0.286. The van der Waals surface area contributed by atoms with Gasteiger partial charge in [-0.15, -0.1) is 0 Å². The van der Waals surface area contributed by atoms with Crippen LogP contribution in [-0.2, 0) is 6.54 Å². The zero-order valence-corrected chi connectivity index (χ0v) is 11.4. The van der Waals surface area contributed by atoms with Gasteiger partial charge in [-0.1, -0.05) is 18.5 Å². The van der Waals surface area contributed by atoms with Gasteiger partial charge in [0.05, 0.1) is 0 Å². The second-order valence-corrected chi connectivity index (χ2v) is 4.54. The minimum atomic E-state index is -0.0825. The van der Waals surface area contributed by atoms with Crippen molar-refractivity contribution in [2.75, 3.05) is 6.61 Å². The minimum absolute atomic E-state index is 0.00294. The molecule has 2 aromatic rings. The van der Waals surface area contributed by atoms with E-state index < -0.39 is 0 Å². The van der Waals surface area contributed by atoms with E-state index in [0.29, 0.717) is 16.5 Å². The third kappa shape index (κ3) is 3.58. The molecule has 0 spiro atoms. The van der Waals surface area contributed by atoms with E-state index in [9.17, 15) is 4.79 Å². The van der Waals surface area contributed by atoms with Crippen LogP contribution in [0.5, 0.6) is 5.75 Å². The van der Waals surface area contributed by atoms with Gasteiger partial charge >= 0.3 is 0 Å². The Balaban J connectivity index is 1.97. The van der Waals surface area contributed by atoms with Crippen molar-refractivity contribution in [1.29, 1.82) is 0 Å². The van der Waals surface area contributed by atoms with Crippen LogP contribution in [0.1, 0.15) is 23.8 Å². The number of ketones is 1. The van der Waals surface area contributed by atoms with Crippen molar-refractivity contribution in [1.82, 2.24) is 9.78 Å². The fourth-order valence-corrected chi connectivity index (χ4v) is 1.84. The van der Waals surface area contributed by atoms with Crippen molar-refractivity contribution >= 4 is 17.4 Å². The largest absolute Gasteiger partial charge is 0.485 e. The lowest BCUT2D eigenvalue weighted by Crippen LogP contribution is -2.17. The Hall–Kier alpha value is -1.81. The first-order valence-corrected chi connectivity index (χ1v) is 6.52. The number of benzene rings is 1. The second kappa shape index (κ2) is 6.38. The van der Waals surface area contributed by atoms with Gasteiger partial charge in [0.25, 0.3) is 0 Å². The Bertz CT molecular complexity index is 549. The van der Waals surface area contributed by atoms with E-state index in [4.69, 9.17) is 16.3 Å². The first-order chi connectivity index (χ1) is 9.20. The lowest BCUT2D eigenvalue weighted by atomic mass is 10.3. The summed E-state index contributed by atoms with van der Waals surface area (Å²) in [6.45, 7) is 2.77. The number of hydrogen-bond donors (Lipinski definition) is 0. The quantitative estimate of drug-likeness (QED) is 0.762. The van der Waals surface area contributed by atoms with Crippen molar-refractivity contribution in [3.63, 3.8) is 0 Å². The molecule has 0 bridgehead atoms. The SMILES string of the molecule is CCCn1nccc1C(=O)COc1ccc(Cl)cc1. The average Bonchev–Trinajstić information content (AvgIpc) is 2.86. The molecule has 0 aliphatic heterocycles. The number of nitrogens with zero attached hydrogens (tertiary/aromatic N) is 2. The Morgan fingerprint density at radius 1 is 1.32 bits per heavy atom. The molecule has 2 rings (SSSR count). The van der Waals surface area contributed by atoms with Crippen molar-refractivity contribution < 1.29 is 9.53 Å². The number of aryl methyl sites for hydroxylation is 1. The van der Waals surface area contributed by atoms with Crippen LogP contribution in [0.15, 0.2) is 36.5 Å². The molecule has 100 valence electrons. The number of carbonyl (C=O) groups excluding carboxylic acids is 1. The molecule has 0 saturated heterocycles. The summed E-state index contributed by atoms with van der Waals surface area (Å²) in [4.78, 5) is 12.0. The summed E-state index contributed by atoms with van der Waals surface area (Å²) in [7, 11) is 0. The van der Waals surface area contributed by atoms with E-state index in [1.54, 1.807) is 41.2 Å². The van der Waals surface area contributed by atoms with Crippen LogP contribution in [0.2, 0.25) is 5.02 Å². The molecule has 0 aliphatic rings. The number of Topliss-reactive ketones (excluding diaryl/α,β-unsaturated/α-hetero) is 1. The number of hydrogen-bond acceptors (Lipinski definition) is 3. The van der Waals surface area contributed by atoms with E-state index in [-0.39, 0.29) is 12.4 Å². The predicted octanol–water partition coefficient (Wildman–Crippen LogP) is 3.21. The monoisotopic (exact) mass is 278 g/mol. The summed E-state index contributed by atoms with van der Waals surface area (Å²) < 4.78 is 7.13. The molecule has 0 unspecified atom stereocenters. The molecular formula is C14H15ClN2O2. The summed E-state index contributed by atoms with van der Waals surface area (Å²) in [5, 5.41) is 4.76. The normalized spacial score (nSPS) is 10.4. The number of ether oxygens (including phenoxy) is 1. The van der Waals surface area contributed by atoms with Crippen LogP contribution in [0.3, 0.4) is 0 Å². The molecule has 4 nitrogen and oxygen atoms in total. The topological polar surface area (TPSA) is 44.1 Å². The second-order valence-electron chi connectivity index (χ2n) is 4.11. The van der Waals surface area contributed by atoms with E-state index >= 15 is 0 Å². The highest BCUT2D eigenvalue weighted by Gasteiger charge is 2.12. The van der Waals surface area contributed by atoms with Crippen LogP contribution in [0, 0.1) is 0 Å². The summed E-state index contributed by atoms with van der Waals surface area (Å²) >= 11 is 5.78. The molecule has 1 aromatic carbocycles. The van der Waals surface area contributed by atoms with Gasteiger partial charge in [0.2, 0.25) is 5.78 Å². The van der Waals surface area contributed by atoms with Gasteiger partial charge in [-0.2, -0.15) is 5.10 Å². The summed E-state index contributed by atoms with van der Waals surface area (Å²) in [5.41, 5.74) is 0.579. The highest BCUT2D eigenvalue weighted by Crippen LogP contribution is 2.15. The fourth-order valence-electron chi connectivity index (χ4n) is 1.71. The third-order valence-electron chi connectivity index (χ3n) is 2.62. The predicted molar refractivity (Wildman–Crippen MR) is 73.8 cm³/mol. The first kappa shape index (κ1) is 13.6. The van der Waals surface area contributed by atoms with Crippen molar-refractivity contribution in [2.45, 2.75) is 19.9 Å². The molecule has 19 heavy (non-hydrogen) atoms. The Morgan fingerprint density at radius 2 is 2.05 bits per heavy atom. The highest BCUT2D eigenvalue weighted by molar-refractivity contribution is 6.30. The van der Waals surface area contributed by atoms with Gasteiger partial charge in [0.1, 0.15) is 11.4 Å². The molecule has 1 heterocycles. The molecule has 0 atom stereocenters. The Kier molecular flexibility index (Phi) is 4.58.